The fourth-order valence-electron chi connectivity index (χ4n) is 2.23. The molecule has 0 saturated heterocycles. The molecule has 5 heteroatoms. The molecule has 0 fully saturated rings. The van der Waals surface area contributed by atoms with Gasteiger partial charge in [-0.2, -0.15) is 5.10 Å². The fourth-order valence-corrected chi connectivity index (χ4v) is 2.35. The maximum Gasteiger partial charge on any atom is 0.354 e. The number of aromatic carboxylic acids is 1. The van der Waals surface area contributed by atoms with Crippen LogP contribution < -0.4 is 0 Å². The van der Waals surface area contributed by atoms with Crippen LogP contribution in [-0.4, -0.2) is 20.9 Å². The number of carboxylic acid groups (broad SMARTS) is 1. The van der Waals surface area contributed by atoms with Crippen molar-refractivity contribution in [1.29, 1.82) is 0 Å². The molecule has 1 N–H and O–H groups in total. The Morgan fingerprint density at radius 3 is 2.25 bits per heavy atom. The third-order valence-corrected chi connectivity index (χ3v) is 3.36. The minimum absolute atomic E-state index is 0.192. The van der Waals surface area contributed by atoms with E-state index in [1.54, 1.807) is 31.2 Å². The van der Waals surface area contributed by atoms with Crippen LogP contribution in [0.4, 0.5) is 0 Å². The molecule has 106 valence electrons. The highest BCUT2D eigenvalue weighted by atomic mass is 35.5. The van der Waals surface area contributed by atoms with Crippen LogP contribution in [0.2, 0.25) is 5.02 Å². The van der Waals surface area contributed by atoms with E-state index in [0.29, 0.717) is 16.3 Å². The molecule has 1 heterocycles. The largest absolute Gasteiger partial charge is 0.477 e. The standard InChI is InChI=1S/C15H17ClN2O2/c1-9-12(14(19)20)18(17-13(9)15(2,3)4)11-7-5-10(16)6-8-11/h5-8H,1-4H3,(H,19,20). The van der Waals surface area contributed by atoms with E-state index < -0.39 is 5.97 Å². The highest BCUT2D eigenvalue weighted by Gasteiger charge is 2.27. The highest BCUT2D eigenvalue weighted by Crippen LogP contribution is 2.28. The van der Waals surface area contributed by atoms with Crippen molar-refractivity contribution in [2.75, 3.05) is 0 Å². The molecular formula is C15H17ClN2O2. The molecule has 1 aromatic carbocycles. The number of carbonyl (C=O) groups is 1. The summed E-state index contributed by atoms with van der Waals surface area (Å²) in [7, 11) is 0. The van der Waals surface area contributed by atoms with Crippen molar-refractivity contribution in [2.45, 2.75) is 33.1 Å². The number of nitrogens with zero attached hydrogens (tertiary/aromatic N) is 2. The van der Waals surface area contributed by atoms with E-state index >= 15 is 0 Å². The summed E-state index contributed by atoms with van der Waals surface area (Å²) in [6, 6.07) is 6.95. The molecule has 0 spiro atoms. The number of aromatic nitrogens is 2. The monoisotopic (exact) mass is 292 g/mol. The summed E-state index contributed by atoms with van der Waals surface area (Å²) < 4.78 is 1.47. The number of benzene rings is 1. The van der Waals surface area contributed by atoms with Gasteiger partial charge in [0.2, 0.25) is 0 Å². The third kappa shape index (κ3) is 2.56. The maximum absolute atomic E-state index is 11.5. The topological polar surface area (TPSA) is 55.1 Å². The van der Waals surface area contributed by atoms with Gasteiger partial charge in [0.1, 0.15) is 0 Å². The zero-order chi connectivity index (χ0) is 15.1. The molecule has 1 aromatic heterocycles. The van der Waals surface area contributed by atoms with Crippen LogP contribution in [0, 0.1) is 6.92 Å². The SMILES string of the molecule is Cc1c(C(C)(C)C)nn(-c2ccc(Cl)cc2)c1C(=O)O. The van der Waals surface area contributed by atoms with E-state index in [0.717, 1.165) is 5.69 Å². The van der Waals surface area contributed by atoms with Gasteiger partial charge in [-0.05, 0) is 31.2 Å². The van der Waals surface area contributed by atoms with Gasteiger partial charge in [0.25, 0.3) is 0 Å². The second-order valence-corrected chi connectivity index (χ2v) is 6.20. The maximum atomic E-state index is 11.5. The van der Waals surface area contributed by atoms with E-state index in [1.165, 1.54) is 4.68 Å². The summed E-state index contributed by atoms with van der Waals surface area (Å²) in [4.78, 5) is 11.5. The molecule has 20 heavy (non-hydrogen) atoms. The summed E-state index contributed by atoms with van der Waals surface area (Å²) in [5, 5.41) is 14.6. The molecule has 0 radical (unpaired) electrons. The number of halogens is 1. The molecule has 0 aliphatic heterocycles. The quantitative estimate of drug-likeness (QED) is 0.915. The van der Waals surface area contributed by atoms with Crippen LogP contribution in [0.1, 0.15) is 42.5 Å². The molecule has 2 rings (SSSR count). The first-order valence-electron chi connectivity index (χ1n) is 6.31. The smallest absolute Gasteiger partial charge is 0.354 e. The molecule has 0 bridgehead atoms. The summed E-state index contributed by atoms with van der Waals surface area (Å²) >= 11 is 5.86. The minimum Gasteiger partial charge on any atom is -0.477 e. The van der Waals surface area contributed by atoms with Crippen molar-refractivity contribution in [3.63, 3.8) is 0 Å². The van der Waals surface area contributed by atoms with Crippen molar-refractivity contribution in [3.05, 3.63) is 46.2 Å². The second kappa shape index (κ2) is 4.94. The van der Waals surface area contributed by atoms with Crippen LogP contribution >= 0.6 is 11.6 Å². The Morgan fingerprint density at radius 2 is 1.80 bits per heavy atom. The van der Waals surface area contributed by atoms with Gasteiger partial charge in [-0.15, -0.1) is 0 Å². The van der Waals surface area contributed by atoms with E-state index in [4.69, 9.17) is 11.6 Å². The van der Waals surface area contributed by atoms with Gasteiger partial charge in [0.15, 0.2) is 5.69 Å². The lowest BCUT2D eigenvalue weighted by atomic mass is 9.89. The van der Waals surface area contributed by atoms with Gasteiger partial charge < -0.3 is 5.11 Å². The van der Waals surface area contributed by atoms with Crippen LogP contribution in [-0.2, 0) is 5.41 Å². The van der Waals surface area contributed by atoms with Gasteiger partial charge in [-0.3, -0.25) is 0 Å². The molecule has 2 aromatic rings. The van der Waals surface area contributed by atoms with Crippen LogP contribution in [0.5, 0.6) is 0 Å². The third-order valence-electron chi connectivity index (χ3n) is 3.11. The lowest BCUT2D eigenvalue weighted by Gasteiger charge is -2.16. The predicted molar refractivity (Wildman–Crippen MR) is 79.0 cm³/mol. The molecule has 4 nitrogen and oxygen atoms in total. The van der Waals surface area contributed by atoms with Gasteiger partial charge in [-0.25, -0.2) is 9.48 Å². The lowest BCUT2D eigenvalue weighted by Crippen LogP contribution is -2.14. The van der Waals surface area contributed by atoms with Crippen molar-refractivity contribution >= 4 is 17.6 Å². The molecule has 0 atom stereocenters. The summed E-state index contributed by atoms with van der Waals surface area (Å²) in [6.45, 7) is 7.84. The van der Waals surface area contributed by atoms with Crippen LogP contribution in [0.3, 0.4) is 0 Å². The Balaban J connectivity index is 2.69. The number of carboxylic acids is 1. The summed E-state index contributed by atoms with van der Waals surface area (Å²) in [5.74, 6) is -0.986. The van der Waals surface area contributed by atoms with Gasteiger partial charge in [-0.1, -0.05) is 32.4 Å². The molecule has 0 unspecified atom stereocenters. The normalized spacial score (nSPS) is 11.7. The minimum atomic E-state index is -0.986. The first-order valence-corrected chi connectivity index (χ1v) is 6.69. The van der Waals surface area contributed by atoms with Crippen molar-refractivity contribution in [3.8, 4) is 5.69 Å². The van der Waals surface area contributed by atoms with E-state index in [1.807, 2.05) is 20.8 Å². The fraction of sp³-hybridized carbons (Fsp3) is 0.333. The molecule has 0 aliphatic rings. The highest BCUT2D eigenvalue weighted by molar-refractivity contribution is 6.30. The molecule has 0 amide bonds. The van der Waals surface area contributed by atoms with Crippen LogP contribution in [0.25, 0.3) is 5.69 Å². The van der Waals surface area contributed by atoms with E-state index in [2.05, 4.69) is 5.10 Å². The van der Waals surface area contributed by atoms with Crippen molar-refractivity contribution in [2.24, 2.45) is 0 Å². The van der Waals surface area contributed by atoms with E-state index in [9.17, 15) is 9.90 Å². The Kier molecular flexibility index (Phi) is 3.61. The first-order chi connectivity index (χ1) is 9.21. The van der Waals surface area contributed by atoms with Gasteiger partial charge in [0, 0.05) is 16.0 Å². The van der Waals surface area contributed by atoms with Gasteiger partial charge in [0.05, 0.1) is 11.4 Å². The molecular weight excluding hydrogens is 276 g/mol. The lowest BCUT2D eigenvalue weighted by molar-refractivity contribution is 0.0686. The molecule has 0 aliphatic carbocycles. The number of hydrogen-bond donors (Lipinski definition) is 1. The van der Waals surface area contributed by atoms with Gasteiger partial charge >= 0.3 is 5.97 Å². The summed E-state index contributed by atoms with van der Waals surface area (Å²) in [6.07, 6.45) is 0. The van der Waals surface area contributed by atoms with Crippen molar-refractivity contribution in [1.82, 2.24) is 9.78 Å². The Hall–Kier alpha value is -1.81. The average Bonchev–Trinajstić information content (AvgIpc) is 2.67. The first kappa shape index (κ1) is 14.6. The Labute approximate surface area is 123 Å². The van der Waals surface area contributed by atoms with Crippen molar-refractivity contribution < 1.29 is 9.90 Å². The number of hydrogen-bond acceptors (Lipinski definition) is 2. The number of rotatable bonds is 2. The Bertz CT molecular complexity index is 652. The Morgan fingerprint density at radius 1 is 1.25 bits per heavy atom. The molecule has 0 saturated carbocycles. The zero-order valence-electron chi connectivity index (χ0n) is 11.9. The van der Waals surface area contributed by atoms with Crippen LogP contribution in [0.15, 0.2) is 24.3 Å². The predicted octanol–water partition coefficient (Wildman–Crippen LogP) is 3.83. The second-order valence-electron chi connectivity index (χ2n) is 5.77. The summed E-state index contributed by atoms with van der Waals surface area (Å²) in [5.41, 5.74) is 2.14. The van der Waals surface area contributed by atoms with E-state index in [-0.39, 0.29) is 11.1 Å². The average molecular weight is 293 g/mol. The zero-order valence-corrected chi connectivity index (χ0v) is 12.7.